The van der Waals surface area contributed by atoms with Crippen molar-refractivity contribution in [2.75, 3.05) is 13.1 Å². The summed E-state index contributed by atoms with van der Waals surface area (Å²) in [6.07, 6.45) is 2.39. The van der Waals surface area contributed by atoms with Crippen molar-refractivity contribution in [3.05, 3.63) is 64.5 Å². The summed E-state index contributed by atoms with van der Waals surface area (Å²) in [5, 5.41) is 10.4. The van der Waals surface area contributed by atoms with Crippen molar-refractivity contribution in [2.24, 2.45) is 0 Å². The standard InChI is InChI=1S/C21H19ClN4OS/c22-16-9-7-14(8-10-16)20-25-24-19(27-20)13-26-11-3-4-15(12-26)21-23-17-5-1-2-6-18(17)28-21/h1-2,5-10,15H,3-4,11-13H2/p+1/t15-/m1/s1. The van der Waals surface area contributed by atoms with Crippen molar-refractivity contribution in [3.63, 3.8) is 0 Å². The third kappa shape index (κ3) is 3.68. The van der Waals surface area contributed by atoms with E-state index >= 15 is 0 Å². The number of hydrogen-bond acceptors (Lipinski definition) is 5. The third-order valence-corrected chi connectivity index (χ3v) is 6.69. The van der Waals surface area contributed by atoms with Gasteiger partial charge in [-0.05, 0) is 49.2 Å². The first kappa shape index (κ1) is 17.8. The molecule has 1 fully saturated rings. The first-order valence-corrected chi connectivity index (χ1v) is 10.7. The second-order valence-electron chi connectivity index (χ2n) is 7.25. The summed E-state index contributed by atoms with van der Waals surface area (Å²) in [7, 11) is 0. The number of nitrogens with one attached hydrogen (secondary N) is 1. The van der Waals surface area contributed by atoms with Crippen LogP contribution in [0.15, 0.2) is 52.9 Å². The van der Waals surface area contributed by atoms with E-state index in [1.807, 2.05) is 35.6 Å². The Morgan fingerprint density at radius 3 is 2.82 bits per heavy atom. The molecule has 0 spiro atoms. The van der Waals surface area contributed by atoms with Crippen molar-refractivity contribution in [1.29, 1.82) is 0 Å². The van der Waals surface area contributed by atoms with E-state index in [2.05, 4.69) is 34.5 Å². The van der Waals surface area contributed by atoms with E-state index in [-0.39, 0.29) is 0 Å². The molecule has 2 aromatic heterocycles. The second kappa shape index (κ2) is 7.62. The van der Waals surface area contributed by atoms with Gasteiger partial charge in [-0.25, -0.2) is 4.98 Å². The number of nitrogens with zero attached hydrogens (tertiary/aromatic N) is 3. The first-order valence-electron chi connectivity index (χ1n) is 9.52. The number of likely N-dealkylation sites (tertiary alicyclic amines) is 1. The maximum absolute atomic E-state index is 5.95. The van der Waals surface area contributed by atoms with Gasteiger partial charge in [0.15, 0.2) is 6.54 Å². The van der Waals surface area contributed by atoms with Crippen molar-refractivity contribution in [1.82, 2.24) is 15.2 Å². The lowest BCUT2D eigenvalue weighted by Crippen LogP contribution is -3.12. The molecule has 1 saturated heterocycles. The van der Waals surface area contributed by atoms with E-state index in [4.69, 9.17) is 21.0 Å². The lowest BCUT2D eigenvalue weighted by Gasteiger charge is -2.27. The topological polar surface area (TPSA) is 56.2 Å². The van der Waals surface area contributed by atoms with Crippen molar-refractivity contribution in [2.45, 2.75) is 25.3 Å². The Morgan fingerprint density at radius 1 is 1.11 bits per heavy atom. The van der Waals surface area contributed by atoms with Gasteiger partial charge in [-0.15, -0.1) is 21.5 Å². The van der Waals surface area contributed by atoms with Gasteiger partial charge < -0.3 is 9.32 Å². The molecule has 28 heavy (non-hydrogen) atoms. The maximum Gasteiger partial charge on any atom is 0.271 e. The second-order valence-corrected chi connectivity index (χ2v) is 8.75. The van der Waals surface area contributed by atoms with Gasteiger partial charge in [0.05, 0.1) is 29.2 Å². The van der Waals surface area contributed by atoms with Crippen LogP contribution in [0, 0.1) is 0 Å². The zero-order valence-corrected chi connectivity index (χ0v) is 16.8. The van der Waals surface area contributed by atoms with Crippen molar-refractivity contribution in [3.8, 4) is 11.5 Å². The van der Waals surface area contributed by atoms with Gasteiger partial charge >= 0.3 is 0 Å². The van der Waals surface area contributed by atoms with Gasteiger partial charge in [-0.1, -0.05) is 23.7 Å². The van der Waals surface area contributed by atoms with E-state index < -0.39 is 0 Å². The molecule has 5 rings (SSSR count). The van der Waals surface area contributed by atoms with Crippen LogP contribution in [-0.4, -0.2) is 28.3 Å². The number of fused-ring (bicyclic) bond motifs is 1. The minimum atomic E-state index is 0.500. The first-order chi connectivity index (χ1) is 13.7. The van der Waals surface area contributed by atoms with Gasteiger partial charge in [-0.3, -0.25) is 0 Å². The molecule has 0 aliphatic carbocycles. The zero-order valence-electron chi connectivity index (χ0n) is 15.3. The fraction of sp³-hybridized carbons (Fsp3) is 0.286. The summed E-state index contributed by atoms with van der Waals surface area (Å²) in [5.41, 5.74) is 2.00. The molecule has 142 valence electrons. The summed E-state index contributed by atoms with van der Waals surface area (Å²) < 4.78 is 7.17. The van der Waals surface area contributed by atoms with Crippen LogP contribution in [0.2, 0.25) is 5.02 Å². The lowest BCUT2D eigenvalue weighted by molar-refractivity contribution is -0.921. The van der Waals surface area contributed by atoms with Crippen LogP contribution in [0.25, 0.3) is 21.7 Å². The Morgan fingerprint density at radius 2 is 1.96 bits per heavy atom. The fourth-order valence-electron chi connectivity index (χ4n) is 3.84. The number of halogens is 1. The molecule has 2 atom stereocenters. The smallest absolute Gasteiger partial charge is 0.271 e. The van der Waals surface area contributed by atoms with Gasteiger partial charge in [0.25, 0.3) is 5.89 Å². The molecule has 5 nitrogen and oxygen atoms in total. The zero-order chi connectivity index (χ0) is 18.9. The van der Waals surface area contributed by atoms with Crippen LogP contribution >= 0.6 is 22.9 Å². The Labute approximate surface area is 172 Å². The average molecular weight is 412 g/mol. The molecule has 3 heterocycles. The number of quaternary nitrogens is 1. The van der Waals surface area contributed by atoms with E-state index in [1.165, 1.54) is 27.4 Å². The Bertz CT molecular complexity index is 1060. The summed E-state index contributed by atoms with van der Waals surface area (Å²) >= 11 is 7.78. The molecule has 0 bridgehead atoms. The molecule has 0 saturated carbocycles. The van der Waals surface area contributed by atoms with E-state index in [9.17, 15) is 0 Å². The molecule has 4 aromatic rings. The Balaban J connectivity index is 1.28. The van der Waals surface area contributed by atoms with Crippen LogP contribution in [-0.2, 0) is 6.54 Å². The summed E-state index contributed by atoms with van der Waals surface area (Å²) in [4.78, 5) is 6.35. The maximum atomic E-state index is 5.95. The number of aromatic nitrogens is 3. The summed E-state index contributed by atoms with van der Waals surface area (Å²) in [6.45, 7) is 2.93. The number of piperidine rings is 1. The lowest BCUT2D eigenvalue weighted by atomic mass is 9.99. The monoisotopic (exact) mass is 411 g/mol. The van der Waals surface area contributed by atoms with Crippen LogP contribution in [0.1, 0.15) is 29.7 Å². The van der Waals surface area contributed by atoms with Gasteiger partial charge in [0, 0.05) is 10.6 Å². The quantitative estimate of drug-likeness (QED) is 0.552. The highest BCUT2D eigenvalue weighted by atomic mass is 35.5. The predicted molar refractivity (Wildman–Crippen MR) is 111 cm³/mol. The Hall–Kier alpha value is -2.28. The van der Waals surface area contributed by atoms with E-state index in [0.29, 0.717) is 22.7 Å². The third-order valence-electron chi connectivity index (χ3n) is 5.24. The molecule has 1 aliphatic heterocycles. The molecular weight excluding hydrogens is 392 g/mol. The highest BCUT2D eigenvalue weighted by molar-refractivity contribution is 7.18. The van der Waals surface area contributed by atoms with Crippen LogP contribution in [0.4, 0.5) is 0 Å². The van der Waals surface area contributed by atoms with Crippen molar-refractivity contribution >= 4 is 33.2 Å². The Kier molecular flexibility index (Phi) is 4.84. The molecule has 0 radical (unpaired) electrons. The molecular formula is C21H20ClN4OS+. The van der Waals surface area contributed by atoms with Gasteiger partial charge in [0.1, 0.15) is 5.01 Å². The largest absolute Gasteiger partial charge is 0.415 e. The number of thiazole rings is 1. The highest BCUT2D eigenvalue weighted by Crippen LogP contribution is 2.30. The highest BCUT2D eigenvalue weighted by Gasteiger charge is 2.28. The number of hydrogen-bond donors (Lipinski definition) is 1. The SMILES string of the molecule is Clc1ccc(-c2nnc(C[NH+]3CCC[C@@H](c4nc5ccccc5s4)C3)o2)cc1. The average Bonchev–Trinajstić information content (AvgIpc) is 3.36. The summed E-state index contributed by atoms with van der Waals surface area (Å²) in [6, 6.07) is 15.8. The minimum Gasteiger partial charge on any atom is -0.415 e. The normalized spacial score (nSPS) is 19.9. The molecule has 1 aliphatic rings. The van der Waals surface area contributed by atoms with Crippen LogP contribution in [0.3, 0.4) is 0 Å². The number of para-hydroxylation sites is 1. The molecule has 1 N–H and O–H groups in total. The van der Waals surface area contributed by atoms with Crippen molar-refractivity contribution < 1.29 is 9.32 Å². The predicted octanol–water partition coefficient (Wildman–Crippen LogP) is 3.96. The van der Waals surface area contributed by atoms with E-state index in [0.717, 1.165) is 30.7 Å². The van der Waals surface area contributed by atoms with Crippen LogP contribution in [0.5, 0.6) is 0 Å². The molecule has 0 amide bonds. The van der Waals surface area contributed by atoms with E-state index in [1.54, 1.807) is 0 Å². The molecule has 2 aromatic carbocycles. The number of rotatable bonds is 4. The summed E-state index contributed by atoms with van der Waals surface area (Å²) in [5.74, 6) is 1.73. The van der Waals surface area contributed by atoms with Crippen LogP contribution < -0.4 is 4.90 Å². The fourth-order valence-corrected chi connectivity index (χ4v) is 5.06. The number of benzene rings is 2. The van der Waals surface area contributed by atoms with Gasteiger partial charge in [-0.2, -0.15) is 0 Å². The minimum absolute atomic E-state index is 0.500. The molecule has 1 unspecified atom stereocenters. The van der Waals surface area contributed by atoms with Gasteiger partial charge in [0.2, 0.25) is 5.89 Å². The molecule has 7 heteroatoms.